The molecule has 1 saturated heterocycles. The van der Waals surface area contributed by atoms with E-state index in [0.29, 0.717) is 12.0 Å². The van der Waals surface area contributed by atoms with Crippen LogP contribution in [0.4, 0.5) is 0 Å². The van der Waals surface area contributed by atoms with Crippen molar-refractivity contribution < 1.29 is 4.74 Å². The van der Waals surface area contributed by atoms with Gasteiger partial charge in [-0.2, -0.15) is 0 Å². The molecule has 2 aliphatic rings. The quantitative estimate of drug-likeness (QED) is 0.760. The van der Waals surface area contributed by atoms with Gasteiger partial charge in [0, 0.05) is 29.3 Å². The molecule has 1 saturated carbocycles. The third kappa shape index (κ3) is 4.85. The van der Waals surface area contributed by atoms with E-state index in [-0.39, 0.29) is 0 Å². The highest BCUT2D eigenvalue weighted by molar-refractivity contribution is 6.36. The van der Waals surface area contributed by atoms with Crippen molar-refractivity contribution in [1.29, 1.82) is 0 Å². The monoisotopic (exact) mass is 355 g/mol. The second-order valence-electron chi connectivity index (χ2n) is 6.98. The predicted octanol–water partition coefficient (Wildman–Crippen LogP) is 5.43. The van der Waals surface area contributed by atoms with Gasteiger partial charge >= 0.3 is 0 Å². The second kappa shape index (κ2) is 8.71. The van der Waals surface area contributed by atoms with Gasteiger partial charge in [0.1, 0.15) is 0 Å². The molecule has 0 atom stereocenters. The summed E-state index contributed by atoms with van der Waals surface area (Å²) in [5.74, 6) is 1.38. The molecule has 0 bridgehead atoms. The lowest BCUT2D eigenvalue weighted by atomic mass is 9.77. The number of ether oxygens (including phenoxy) is 1. The number of halogens is 2. The van der Waals surface area contributed by atoms with Crippen molar-refractivity contribution in [3.63, 3.8) is 0 Å². The van der Waals surface area contributed by atoms with Crippen LogP contribution in [0.2, 0.25) is 10.0 Å². The van der Waals surface area contributed by atoms with Crippen molar-refractivity contribution in [3.05, 3.63) is 33.8 Å². The highest BCUT2D eigenvalue weighted by atomic mass is 35.5. The van der Waals surface area contributed by atoms with E-state index in [1.807, 2.05) is 18.2 Å². The van der Waals surface area contributed by atoms with E-state index in [0.717, 1.165) is 48.6 Å². The van der Waals surface area contributed by atoms with Gasteiger partial charge in [0.05, 0.1) is 0 Å². The molecule has 2 nitrogen and oxygen atoms in total. The molecule has 3 rings (SSSR count). The highest BCUT2D eigenvalue weighted by Gasteiger charge is 2.25. The van der Waals surface area contributed by atoms with Crippen LogP contribution in [0.25, 0.3) is 0 Å². The molecule has 1 aliphatic carbocycles. The highest BCUT2D eigenvalue weighted by Crippen LogP contribution is 2.42. The Morgan fingerprint density at radius 3 is 2.26 bits per heavy atom. The van der Waals surface area contributed by atoms with E-state index < -0.39 is 0 Å². The molecule has 0 spiro atoms. The second-order valence-corrected chi connectivity index (χ2v) is 7.80. The minimum absolute atomic E-state index is 0.538. The summed E-state index contributed by atoms with van der Waals surface area (Å²) < 4.78 is 5.41. The molecule has 0 unspecified atom stereocenters. The molecule has 1 heterocycles. The molecule has 0 amide bonds. The number of benzene rings is 1. The van der Waals surface area contributed by atoms with Gasteiger partial charge in [-0.15, -0.1) is 0 Å². The first kappa shape index (κ1) is 17.5. The molecule has 23 heavy (non-hydrogen) atoms. The smallest absolute Gasteiger partial charge is 0.0480 e. The Balaban J connectivity index is 1.41. The van der Waals surface area contributed by atoms with E-state index in [2.05, 4.69) is 5.32 Å². The Morgan fingerprint density at radius 1 is 0.957 bits per heavy atom. The van der Waals surface area contributed by atoms with Crippen LogP contribution in [0, 0.1) is 5.92 Å². The first-order valence-electron chi connectivity index (χ1n) is 8.99. The molecule has 1 aliphatic heterocycles. The van der Waals surface area contributed by atoms with Crippen molar-refractivity contribution in [2.24, 2.45) is 5.92 Å². The number of rotatable bonds is 5. The number of hydrogen-bond acceptors (Lipinski definition) is 2. The summed E-state index contributed by atoms with van der Waals surface area (Å²) >= 11 is 12.7. The molecule has 2 fully saturated rings. The molecule has 1 aromatic rings. The molecule has 1 aromatic carbocycles. The lowest BCUT2D eigenvalue weighted by Gasteiger charge is -2.30. The molecule has 128 valence electrons. The summed E-state index contributed by atoms with van der Waals surface area (Å²) in [7, 11) is 0. The maximum absolute atomic E-state index is 6.36. The summed E-state index contributed by atoms with van der Waals surface area (Å²) in [6.07, 6.45) is 8.63. The Labute approximate surface area is 149 Å². The van der Waals surface area contributed by atoms with E-state index >= 15 is 0 Å². The van der Waals surface area contributed by atoms with Crippen molar-refractivity contribution in [3.8, 4) is 0 Å². The van der Waals surface area contributed by atoms with Crippen LogP contribution in [0.3, 0.4) is 0 Å². The van der Waals surface area contributed by atoms with Crippen LogP contribution < -0.4 is 5.32 Å². The maximum atomic E-state index is 6.36. The van der Waals surface area contributed by atoms with E-state index in [9.17, 15) is 0 Å². The van der Waals surface area contributed by atoms with Gasteiger partial charge in [0.15, 0.2) is 0 Å². The standard InChI is InChI=1S/C19H27Cl2NO/c20-17-2-1-3-18(21)19(17)15-6-4-14(5-7-15)8-11-22-16-9-12-23-13-10-16/h1-3,14-16,22H,4-13H2/t14-,15+. The van der Waals surface area contributed by atoms with E-state index in [1.54, 1.807) is 0 Å². The SMILES string of the molecule is Clc1cccc(Cl)c1[C@H]1CC[C@@H](CCNC2CCOCC2)CC1. The first-order chi connectivity index (χ1) is 11.2. The van der Waals surface area contributed by atoms with Crippen LogP contribution in [0.5, 0.6) is 0 Å². The largest absolute Gasteiger partial charge is 0.381 e. The molecule has 0 radical (unpaired) electrons. The van der Waals surface area contributed by atoms with Gasteiger partial charge in [-0.3, -0.25) is 0 Å². The predicted molar refractivity (Wildman–Crippen MR) is 97.6 cm³/mol. The summed E-state index contributed by atoms with van der Waals surface area (Å²) in [6, 6.07) is 6.53. The molecular formula is C19H27Cl2NO. The normalized spacial score (nSPS) is 26.3. The zero-order valence-corrected chi connectivity index (χ0v) is 15.2. The summed E-state index contributed by atoms with van der Waals surface area (Å²) in [6.45, 7) is 2.98. The Hall–Kier alpha value is -0.280. The van der Waals surface area contributed by atoms with Crippen molar-refractivity contribution in [2.45, 2.75) is 56.9 Å². The van der Waals surface area contributed by atoms with E-state index in [4.69, 9.17) is 27.9 Å². The first-order valence-corrected chi connectivity index (χ1v) is 9.74. The minimum Gasteiger partial charge on any atom is -0.381 e. The Kier molecular flexibility index (Phi) is 6.64. The van der Waals surface area contributed by atoms with Crippen LogP contribution in [-0.2, 0) is 4.74 Å². The summed E-state index contributed by atoms with van der Waals surface area (Å²) in [5, 5.41) is 5.38. The minimum atomic E-state index is 0.538. The van der Waals surface area contributed by atoms with Gasteiger partial charge in [0.25, 0.3) is 0 Å². The van der Waals surface area contributed by atoms with Crippen LogP contribution >= 0.6 is 23.2 Å². The van der Waals surface area contributed by atoms with Crippen LogP contribution in [-0.4, -0.2) is 25.8 Å². The average molecular weight is 356 g/mol. The zero-order valence-electron chi connectivity index (χ0n) is 13.7. The Bertz CT molecular complexity index is 474. The molecule has 1 N–H and O–H groups in total. The summed E-state index contributed by atoms with van der Waals surface area (Å²) in [5.41, 5.74) is 1.18. The van der Waals surface area contributed by atoms with E-state index in [1.165, 1.54) is 37.7 Å². The average Bonchev–Trinajstić information content (AvgIpc) is 2.57. The van der Waals surface area contributed by atoms with Gasteiger partial charge in [-0.05, 0) is 81.0 Å². The molecular weight excluding hydrogens is 329 g/mol. The fourth-order valence-corrected chi connectivity index (χ4v) is 4.74. The lowest BCUT2D eigenvalue weighted by Crippen LogP contribution is -2.36. The molecule has 0 aromatic heterocycles. The van der Waals surface area contributed by atoms with Crippen LogP contribution in [0.15, 0.2) is 18.2 Å². The van der Waals surface area contributed by atoms with Crippen LogP contribution in [0.1, 0.15) is 56.4 Å². The van der Waals surface area contributed by atoms with Gasteiger partial charge in [-0.1, -0.05) is 29.3 Å². The van der Waals surface area contributed by atoms with Gasteiger partial charge in [0.2, 0.25) is 0 Å². The van der Waals surface area contributed by atoms with Gasteiger partial charge < -0.3 is 10.1 Å². The number of hydrogen-bond donors (Lipinski definition) is 1. The topological polar surface area (TPSA) is 21.3 Å². The van der Waals surface area contributed by atoms with Crippen molar-refractivity contribution >= 4 is 23.2 Å². The third-order valence-corrected chi connectivity index (χ3v) is 6.12. The third-order valence-electron chi connectivity index (χ3n) is 5.46. The fourth-order valence-electron chi connectivity index (χ4n) is 4.03. The number of nitrogens with one attached hydrogen (secondary N) is 1. The van der Waals surface area contributed by atoms with Gasteiger partial charge in [-0.25, -0.2) is 0 Å². The van der Waals surface area contributed by atoms with Crippen molar-refractivity contribution in [2.75, 3.05) is 19.8 Å². The summed E-state index contributed by atoms with van der Waals surface area (Å²) in [4.78, 5) is 0. The Morgan fingerprint density at radius 2 is 1.61 bits per heavy atom. The zero-order chi connectivity index (χ0) is 16.1. The fraction of sp³-hybridized carbons (Fsp3) is 0.684. The maximum Gasteiger partial charge on any atom is 0.0480 e. The van der Waals surface area contributed by atoms with Crippen molar-refractivity contribution in [1.82, 2.24) is 5.32 Å². The molecule has 4 heteroatoms. The lowest BCUT2D eigenvalue weighted by molar-refractivity contribution is 0.0775.